The summed E-state index contributed by atoms with van der Waals surface area (Å²) in [6.45, 7) is 1.11. The molecule has 5 heteroatoms. The maximum Gasteiger partial charge on any atom is 0.225 e. The molecule has 0 saturated heterocycles. The van der Waals surface area contributed by atoms with Crippen LogP contribution in [-0.2, 0) is 11.3 Å². The van der Waals surface area contributed by atoms with Gasteiger partial charge >= 0.3 is 0 Å². The van der Waals surface area contributed by atoms with Crippen molar-refractivity contribution in [3.8, 4) is 5.75 Å². The molecule has 0 unspecified atom stereocenters. The summed E-state index contributed by atoms with van der Waals surface area (Å²) in [5.41, 5.74) is 1.13. The molecule has 0 saturated carbocycles. The fourth-order valence-electron chi connectivity index (χ4n) is 3.26. The van der Waals surface area contributed by atoms with E-state index in [4.69, 9.17) is 4.74 Å². The molecule has 1 heterocycles. The number of carbonyl (C=O) groups excluding carboxylic acids is 1. The summed E-state index contributed by atoms with van der Waals surface area (Å²) in [5, 5.41) is 9.49. The van der Waals surface area contributed by atoms with Crippen molar-refractivity contribution >= 4 is 22.5 Å². The number of anilines is 1. The Kier molecular flexibility index (Phi) is 5.86. The van der Waals surface area contributed by atoms with Gasteiger partial charge in [-0.2, -0.15) is 5.10 Å². The molecular formula is C24H23N3O2. The molecule has 0 aliphatic carbocycles. The lowest BCUT2D eigenvalue weighted by Gasteiger charge is -2.10. The zero-order chi connectivity index (χ0) is 19.9. The minimum absolute atomic E-state index is 0.0404. The number of fused-ring (bicyclic) bond motifs is 1. The zero-order valence-electron chi connectivity index (χ0n) is 16.1. The Morgan fingerprint density at radius 1 is 0.931 bits per heavy atom. The predicted octanol–water partition coefficient (Wildman–Crippen LogP) is 4.88. The van der Waals surface area contributed by atoms with Gasteiger partial charge in [0.2, 0.25) is 5.91 Å². The van der Waals surface area contributed by atoms with Crippen LogP contribution in [0.4, 0.5) is 5.82 Å². The van der Waals surface area contributed by atoms with Crippen LogP contribution in [0.1, 0.15) is 18.4 Å². The average Bonchev–Trinajstić information content (AvgIpc) is 3.18. The largest absolute Gasteiger partial charge is 0.493 e. The van der Waals surface area contributed by atoms with E-state index in [1.165, 1.54) is 0 Å². The van der Waals surface area contributed by atoms with E-state index in [1.807, 2.05) is 66.7 Å². The number of amides is 1. The normalized spacial score (nSPS) is 10.8. The van der Waals surface area contributed by atoms with Crippen LogP contribution >= 0.6 is 0 Å². The number of benzene rings is 3. The lowest BCUT2D eigenvalue weighted by molar-refractivity contribution is -0.116. The first-order valence-corrected chi connectivity index (χ1v) is 9.76. The number of hydrogen-bond donors (Lipinski definition) is 1. The van der Waals surface area contributed by atoms with E-state index in [0.29, 0.717) is 31.8 Å². The number of ether oxygens (including phenoxy) is 1. The first-order chi connectivity index (χ1) is 14.3. The highest BCUT2D eigenvalue weighted by molar-refractivity contribution is 5.90. The number of rotatable bonds is 8. The van der Waals surface area contributed by atoms with Crippen molar-refractivity contribution in [1.29, 1.82) is 0 Å². The van der Waals surface area contributed by atoms with E-state index < -0.39 is 0 Å². The summed E-state index contributed by atoms with van der Waals surface area (Å²) in [6.07, 6.45) is 2.73. The molecule has 5 nitrogen and oxygen atoms in total. The minimum Gasteiger partial charge on any atom is -0.493 e. The van der Waals surface area contributed by atoms with Crippen molar-refractivity contribution in [2.24, 2.45) is 0 Å². The van der Waals surface area contributed by atoms with Crippen molar-refractivity contribution in [1.82, 2.24) is 9.78 Å². The second-order valence-corrected chi connectivity index (χ2v) is 6.84. The van der Waals surface area contributed by atoms with Gasteiger partial charge in [-0.25, -0.2) is 4.68 Å². The second kappa shape index (κ2) is 9.06. The van der Waals surface area contributed by atoms with Crippen molar-refractivity contribution in [2.75, 3.05) is 11.9 Å². The topological polar surface area (TPSA) is 56.1 Å². The first-order valence-electron chi connectivity index (χ1n) is 9.76. The molecule has 1 amide bonds. The highest BCUT2D eigenvalue weighted by Crippen LogP contribution is 2.25. The van der Waals surface area contributed by atoms with E-state index in [1.54, 1.807) is 10.9 Å². The molecule has 29 heavy (non-hydrogen) atoms. The van der Waals surface area contributed by atoms with Crippen LogP contribution in [0.2, 0.25) is 0 Å². The Labute approximate surface area is 169 Å². The highest BCUT2D eigenvalue weighted by atomic mass is 16.5. The highest BCUT2D eigenvalue weighted by Gasteiger charge is 2.08. The monoisotopic (exact) mass is 385 g/mol. The third-order valence-electron chi connectivity index (χ3n) is 4.71. The van der Waals surface area contributed by atoms with Crippen molar-refractivity contribution < 1.29 is 9.53 Å². The second-order valence-electron chi connectivity index (χ2n) is 6.84. The van der Waals surface area contributed by atoms with Crippen LogP contribution in [0, 0.1) is 0 Å². The molecule has 4 rings (SSSR count). The Hall–Kier alpha value is -3.60. The summed E-state index contributed by atoms with van der Waals surface area (Å²) in [5.74, 6) is 1.51. The van der Waals surface area contributed by atoms with Gasteiger partial charge in [0.05, 0.1) is 19.3 Å². The molecule has 3 aromatic carbocycles. The maximum atomic E-state index is 12.3. The molecule has 1 aromatic heterocycles. The lowest BCUT2D eigenvalue weighted by atomic mass is 10.1. The molecule has 0 aliphatic rings. The van der Waals surface area contributed by atoms with Crippen LogP contribution in [-0.4, -0.2) is 22.3 Å². The van der Waals surface area contributed by atoms with Crippen LogP contribution in [0.15, 0.2) is 85.1 Å². The van der Waals surface area contributed by atoms with E-state index in [-0.39, 0.29) is 5.91 Å². The van der Waals surface area contributed by atoms with Gasteiger partial charge in [-0.1, -0.05) is 66.7 Å². The molecule has 4 aromatic rings. The standard InChI is InChI=1S/C24H23N3O2/c28-24(26-23-15-16-25-27(23)18-19-8-2-1-3-9-19)14-7-17-29-22-13-6-11-20-10-4-5-12-21(20)22/h1-6,8-13,15-16H,7,14,17-18H2,(H,26,28). The summed E-state index contributed by atoms with van der Waals surface area (Å²) in [4.78, 5) is 12.3. The molecule has 1 N–H and O–H groups in total. The van der Waals surface area contributed by atoms with Gasteiger partial charge in [0.1, 0.15) is 11.6 Å². The zero-order valence-corrected chi connectivity index (χ0v) is 16.1. The van der Waals surface area contributed by atoms with Gasteiger partial charge in [-0.3, -0.25) is 4.79 Å². The summed E-state index contributed by atoms with van der Waals surface area (Å²) in [6, 6.07) is 26.0. The van der Waals surface area contributed by atoms with Crippen LogP contribution < -0.4 is 10.1 Å². The molecule has 0 fully saturated rings. The quantitative estimate of drug-likeness (QED) is 0.440. The van der Waals surface area contributed by atoms with E-state index >= 15 is 0 Å². The number of nitrogens with one attached hydrogen (secondary N) is 1. The number of aromatic nitrogens is 2. The van der Waals surface area contributed by atoms with Gasteiger partial charge in [-0.05, 0) is 23.4 Å². The van der Waals surface area contributed by atoms with Crippen LogP contribution in [0.3, 0.4) is 0 Å². The van der Waals surface area contributed by atoms with Gasteiger partial charge in [0.15, 0.2) is 0 Å². The summed E-state index contributed by atoms with van der Waals surface area (Å²) in [7, 11) is 0. The Morgan fingerprint density at radius 3 is 2.62 bits per heavy atom. The van der Waals surface area contributed by atoms with Crippen molar-refractivity contribution in [3.63, 3.8) is 0 Å². The first kappa shape index (κ1) is 18.7. The minimum atomic E-state index is -0.0404. The van der Waals surface area contributed by atoms with E-state index in [9.17, 15) is 4.79 Å². The third-order valence-corrected chi connectivity index (χ3v) is 4.71. The lowest BCUT2D eigenvalue weighted by Crippen LogP contribution is -2.16. The fraction of sp³-hybridized carbons (Fsp3) is 0.167. The SMILES string of the molecule is O=C(CCCOc1cccc2ccccc12)Nc1ccnn1Cc1ccccc1. The molecule has 0 bridgehead atoms. The molecule has 0 aliphatic heterocycles. The number of hydrogen-bond acceptors (Lipinski definition) is 3. The Bertz CT molecular complexity index is 1080. The van der Waals surface area contributed by atoms with E-state index in [2.05, 4.69) is 22.5 Å². The van der Waals surface area contributed by atoms with Crippen molar-refractivity contribution in [3.05, 3.63) is 90.6 Å². The summed E-state index contributed by atoms with van der Waals surface area (Å²) < 4.78 is 7.70. The number of carbonyl (C=O) groups is 1. The summed E-state index contributed by atoms with van der Waals surface area (Å²) >= 11 is 0. The predicted molar refractivity (Wildman–Crippen MR) is 115 cm³/mol. The maximum absolute atomic E-state index is 12.3. The van der Waals surface area contributed by atoms with Gasteiger partial charge < -0.3 is 10.1 Å². The van der Waals surface area contributed by atoms with Gasteiger partial charge in [-0.15, -0.1) is 0 Å². The Morgan fingerprint density at radius 2 is 1.72 bits per heavy atom. The molecular weight excluding hydrogens is 362 g/mol. The van der Waals surface area contributed by atoms with Crippen LogP contribution in [0.25, 0.3) is 10.8 Å². The fourth-order valence-corrected chi connectivity index (χ4v) is 3.26. The Balaban J connectivity index is 1.27. The molecule has 146 valence electrons. The van der Waals surface area contributed by atoms with Gasteiger partial charge in [0.25, 0.3) is 0 Å². The van der Waals surface area contributed by atoms with Crippen LogP contribution in [0.5, 0.6) is 5.75 Å². The van der Waals surface area contributed by atoms with Gasteiger partial charge in [0, 0.05) is 17.9 Å². The smallest absolute Gasteiger partial charge is 0.225 e. The molecule has 0 radical (unpaired) electrons. The molecule has 0 atom stereocenters. The third kappa shape index (κ3) is 4.82. The average molecular weight is 385 g/mol. The van der Waals surface area contributed by atoms with E-state index in [0.717, 1.165) is 22.1 Å². The van der Waals surface area contributed by atoms with Crippen molar-refractivity contribution in [2.45, 2.75) is 19.4 Å². The molecule has 0 spiro atoms. The number of nitrogens with zero attached hydrogens (tertiary/aromatic N) is 2.